The van der Waals surface area contributed by atoms with Crippen LogP contribution in [0.5, 0.6) is 0 Å². The molecular formula is C13H14N2. The molecule has 0 aromatic heterocycles. The third-order valence-corrected chi connectivity index (χ3v) is 2.45. The lowest BCUT2D eigenvalue weighted by Gasteiger charge is -2.12. The third-order valence-electron chi connectivity index (χ3n) is 2.45. The maximum Gasteiger partial charge on any atom is 0.0551 e. The lowest BCUT2D eigenvalue weighted by Crippen LogP contribution is -2.11. The van der Waals surface area contributed by atoms with Gasteiger partial charge in [-0.2, -0.15) is 0 Å². The minimum absolute atomic E-state index is 0.0770. The number of hydrogen-bond acceptors (Lipinski definition) is 2. The van der Waals surface area contributed by atoms with E-state index in [9.17, 15) is 0 Å². The predicted octanol–water partition coefficient (Wildman–Crippen LogP) is 2.32. The Kier molecular flexibility index (Phi) is 2.70. The zero-order chi connectivity index (χ0) is 10.7. The van der Waals surface area contributed by atoms with Gasteiger partial charge in [-0.25, -0.2) is 0 Å². The summed E-state index contributed by atoms with van der Waals surface area (Å²) in [5.74, 6) is 0. The molecule has 2 heteroatoms. The van der Waals surface area contributed by atoms with Crippen molar-refractivity contribution in [2.45, 2.75) is 6.04 Å². The molecule has 2 aromatic rings. The molecule has 0 amide bonds. The second-order valence-corrected chi connectivity index (χ2v) is 3.56. The molecule has 0 saturated carbocycles. The highest BCUT2D eigenvalue weighted by Crippen LogP contribution is 2.19. The molecule has 0 aliphatic carbocycles. The molecule has 2 nitrogen and oxygen atoms in total. The number of nitrogens with two attached hydrogens (primary N) is 2. The number of anilines is 1. The van der Waals surface area contributed by atoms with E-state index in [1.165, 1.54) is 0 Å². The average Bonchev–Trinajstić information content (AvgIpc) is 2.30. The molecule has 0 saturated heterocycles. The average molecular weight is 198 g/mol. The Morgan fingerprint density at radius 3 is 1.87 bits per heavy atom. The summed E-state index contributed by atoms with van der Waals surface area (Å²) in [6.07, 6.45) is 0. The summed E-state index contributed by atoms with van der Waals surface area (Å²) in [6, 6.07) is 17.6. The van der Waals surface area contributed by atoms with Gasteiger partial charge in [-0.3, -0.25) is 0 Å². The van der Waals surface area contributed by atoms with E-state index < -0.39 is 0 Å². The van der Waals surface area contributed by atoms with E-state index >= 15 is 0 Å². The van der Waals surface area contributed by atoms with Crippen molar-refractivity contribution in [1.82, 2.24) is 0 Å². The molecule has 0 spiro atoms. The van der Waals surface area contributed by atoms with Crippen molar-refractivity contribution < 1.29 is 0 Å². The Morgan fingerprint density at radius 1 is 0.733 bits per heavy atom. The molecule has 1 atom stereocenters. The van der Waals surface area contributed by atoms with Crippen LogP contribution in [0.15, 0.2) is 54.6 Å². The van der Waals surface area contributed by atoms with E-state index in [2.05, 4.69) is 0 Å². The van der Waals surface area contributed by atoms with Crippen molar-refractivity contribution in [2.24, 2.45) is 5.73 Å². The van der Waals surface area contributed by atoms with Crippen LogP contribution in [-0.2, 0) is 0 Å². The molecule has 0 aliphatic rings. The molecule has 2 aromatic carbocycles. The van der Waals surface area contributed by atoms with Gasteiger partial charge in [0.1, 0.15) is 0 Å². The largest absolute Gasteiger partial charge is 0.399 e. The minimum atomic E-state index is -0.0770. The SMILES string of the molecule is Nc1ccc([C@H](N)c2ccccc2)cc1. The van der Waals surface area contributed by atoms with Gasteiger partial charge in [-0.1, -0.05) is 42.5 Å². The van der Waals surface area contributed by atoms with E-state index in [-0.39, 0.29) is 6.04 Å². The van der Waals surface area contributed by atoms with E-state index in [1.807, 2.05) is 54.6 Å². The predicted molar refractivity (Wildman–Crippen MR) is 63.3 cm³/mol. The fraction of sp³-hybridized carbons (Fsp3) is 0.0769. The molecule has 0 bridgehead atoms. The number of rotatable bonds is 2. The summed E-state index contributed by atoms with van der Waals surface area (Å²) in [5, 5.41) is 0. The topological polar surface area (TPSA) is 52.0 Å². The van der Waals surface area contributed by atoms with Gasteiger partial charge < -0.3 is 11.5 Å². The summed E-state index contributed by atoms with van der Waals surface area (Å²) >= 11 is 0. The number of hydrogen-bond donors (Lipinski definition) is 2. The molecule has 0 radical (unpaired) electrons. The Labute approximate surface area is 89.5 Å². The van der Waals surface area contributed by atoms with Gasteiger partial charge in [0.15, 0.2) is 0 Å². The van der Waals surface area contributed by atoms with Gasteiger partial charge in [0.05, 0.1) is 6.04 Å². The normalized spacial score (nSPS) is 12.3. The first-order chi connectivity index (χ1) is 7.27. The highest BCUT2D eigenvalue weighted by molar-refractivity contribution is 5.42. The van der Waals surface area contributed by atoms with Crippen LogP contribution in [-0.4, -0.2) is 0 Å². The molecule has 0 aliphatic heterocycles. The molecule has 4 N–H and O–H groups in total. The molecular weight excluding hydrogens is 184 g/mol. The number of nitrogen functional groups attached to an aromatic ring is 1. The van der Waals surface area contributed by atoms with Gasteiger partial charge in [-0.05, 0) is 23.3 Å². The van der Waals surface area contributed by atoms with Crippen molar-refractivity contribution in [2.75, 3.05) is 5.73 Å². The Balaban J connectivity index is 2.29. The molecule has 0 fully saturated rings. The summed E-state index contributed by atoms with van der Waals surface area (Å²) in [6.45, 7) is 0. The minimum Gasteiger partial charge on any atom is -0.399 e. The summed E-state index contributed by atoms with van der Waals surface area (Å²) in [5.41, 5.74) is 14.7. The van der Waals surface area contributed by atoms with Gasteiger partial charge in [0.2, 0.25) is 0 Å². The van der Waals surface area contributed by atoms with Crippen LogP contribution in [0.1, 0.15) is 17.2 Å². The van der Waals surface area contributed by atoms with Crippen LogP contribution in [0.4, 0.5) is 5.69 Å². The quantitative estimate of drug-likeness (QED) is 0.727. The zero-order valence-electron chi connectivity index (χ0n) is 8.43. The van der Waals surface area contributed by atoms with Crippen LogP contribution in [0.3, 0.4) is 0 Å². The van der Waals surface area contributed by atoms with Gasteiger partial charge in [-0.15, -0.1) is 0 Å². The van der Waals surface area contributed by atoms with Crippen LogP contribution >= 0.6 is 0 Å². The fourth-order valence-electron chi connectivity index (χ4n) is 1.56. The van der Waals surface area contributed by atoms with Gasteiger partial charge in [0, 0.05) is 5.69 Å². The van der Waals surface area contributed by atoms with Crippen molar-refractivity contribution in [3.05, 3.63) is 65.7 Å². The highest BCUT2D eigenvalue weighted by Gasteiger charge is 2.07. The Hall–Kier alpha value is -1.80. The monoisotopic (exact) mass is 198 g/mol. The van der Waals surface area contributed by atoms with Crippen LogP contribution in [0.2, 0.25) is 0 Å². The first-order valence-electron chi connectivity index (χ1n) is 4.93. The van der Waals surface area contributed by atoms with Crippen molar-refractivity contribution >= 4 is 5.69 Å². The molecule has 2 rings (SSSR count). The van der Waals surface area contributed by atoms with Crippen LogP contribution < -0.4 is 11.5 Å². The highest BCUT2D eigenvalue weighted by atomic mass is 14.6. The Morgan fingerprint density at radius 2 is 1.27 bits per heavy atom. The maximum atomic E-state index is 6.13. The van der Waals surface area contributed by atoms with Crippen molar-refractivity contribution in [3.63, 3.8) is 0 Å². The molecule has 15 heavy (non-hydrogen) atoms. The van der Waals surface area contributed by atoms with E-state index in [1.54, 1.807) is 0 Å². The van der Waals surface area contributed by atoms with Crippen molar-refractivity contribution in [1.29, 1.82) is 0 Å². The van der Waals surface area contributed by atoms with E-state index in [4.69, 9.17) is 11.5 Å². The standard InChI is InChI=1S/C13H14N2/c14-12-8-6-11(7-9-12)13(15)10-4-2-1-3-5-10/h1-9,13H,14-15H2/t13-/m1/s1. The maximum absolute atomic E-state index is 6.13. The van der Waals surface area contributed by atoms with Crippen LogP contribution in [0, 0.1) is 0 Å². The summed E-state index contributed by atoms with van der Waals surface area (Å²) < 4.78 is 0. The fourth-order valence-corrected chi connectivity index (χ4v) is 1.56. The molecule has 0 unspecified atom stereocenters. The van der Waals surface area contributed by atoms with Crippen molar-refractivity contribution in [3.8, 4) is 0 Å². The number of benzene rings is 2. The molecule has 76 valence electrons. The zero-order valence-corrected chi connectivity index (χ0v) is 8.43. The van der Waals surface area contributed by atoms with Gasteiger partial charge >= 0.3 is 0 Å². The Bertz CT molecular complexity index is 420. The first-order valence-corrected chi connectivity index (χ1v) is 4.93. The molecule has 0 heterocycles. The third kappa shape index (κ3) is 2.17. The summed E-state index contributed by atoms with van der Waals surface area (Å²) in [7, 11) is 0. The second kappa shape index (κ2) is 4.15. The van der Waals surface area contributed by atoms with E-state index in [0.717, 1.165) is 16.8 Å². The lowest BCUT2D eigenvalue weighted by molar-refractivity contribution is 0.872. The van der Waals surface area contributed by atoms with E-state index in [0.29, 0.717) is 0 Å². The smallest absolute Gasteiger partial charge is 0.0551 e. The first kappa shape index (κ1) is 9.74. The summed E-state index contributed by atoms with van der Waals surface area (Å²) in [4.78, 5) is 0. The van der Waals surface area contributed by atoms with Crippen LogP contribution in [0.25, 0.3) is 0 Å². The second-order valence-electron chi connectivity index (χ2n) is 3.56. The van der Waals surface area contributed by atoms with Gasteiger partial charge in [0.25, 0.3) is 0 Å². The lowest BCUT2D eigenvalue weighted by atomic mass is 10.00.